The Labute approximate surface area is 204 Å². The molecule has 3 aromatic carbocycles. The van der Waals surface area contributed by atoms with Crippen molar-refractivity contribution in [1.29, 1.82) is 0 Å². The van der Waals surface area contributed by atoms with Crippen molar-refractivity contribution in [2.75, 3.05) is 32.8 Å². The first-order valence-electron chi connectivity index (χ1n) is 11.6. The second-order valence-corrected chi connectivity index (χ2v) is 8.66. The van der Waals surface area contributed by atoms with Gasteiger partial charge in [0.25, 0.3) is 5.91 Å². The second kappa shape index (κ2) is 9.43. The summed E-state index contributed by atoms with van der Waals surface area (Å²) < 4.78 is 16.9. The number of amides is 2. The molecule has 0 saturated carbocycles. The molecule has 0 unspecified atom stereocenters. The molecule has 2 aliphatic heterocycles. The number of hydrogen-bond donors (Lipinski definition) is 0. The SMILES string of the molecule is COc1cc2c(cc1OC)[C@@H](c1ccccc1OC)N([C@H]1CC(=O)N(c3ccccc3)C1=O)CC2. The van der Waals surface area contributed by atoms with Crippen LogP contribution in [0.25, 0.3) is 0 Å². The van der Waals surface area contributed by atoms with Crippen LogP contribution < -0.4 is 19.1 Å². The summed E-state index contributed by atoms with van der Waals surface area (Å²) in [5.41, 5.74) is 3.66. The summed E-state index contributed by atoms with van der Waals surface area (Å²) in [5.74, 6) is 1.61. The van der Waals surface area contributed by atoms with Gasteiger partial charge in [0.15, 0.2) is 11.5 Å². The molecule has 2 atom stereocenters. The van der Waals surface area contributed by atoms with E-state index in [0.29, 0.717) is 30.2 Å². The lowest BCUT2D eigenvalue weighted by Crippen LogP contribution is -2.47. The average Bonchev–Trinajstić information content (AvgIpc) is 3.20. The molecule has 0 radical (unpaired) electrons. The number of ether oxygens (including phenoxy) is 3. The van der Waals surface area contributed by atoms with Crippen molar-refractivity contribution >= 4 is 17.5 Å². The largest absolute Gasteiger partial charge is 0.496 e. The Hall–Kier alpha value is -3.84. The molecule has 7 heteroatoms. The first-order valence-corrected chi connectivity index (χ1v) is 11.6. The van der Waals surface area contributed by atoms with Gasteiger partial charge in [-0.25, -0.2) is 4.90 Å². The van der Waals surface area contributed by atoms with Gasteiger partial charge in [0.05, 0.1) is 45.5 Å². The third-order valence-corrected chi connectivity index (χ3v) is 6.88. The number of nitrogens with zero attached hydrogens (tertiary/aromatic N) is 2. The molecule has 5 rings (SSSR count). The number of carbonyl (C=O) groups excluding carboxylic acids is 2. The van der Waals surface area contributed by atoms with E-state index in [4.69, 9.17) is 14.2 Å². The fourth-order valence-corrected chi connectivity index (χ4v) is 5.26. The van der Waals surface area contributed by atoms with Crippen molar-refractivity contribution < 1.29 is 23.8 Å². The van der Waals surface area contributed by atoms with Crippen LogP contribution in [-0.2, 0) is 16.0 Å². The fraction of sp³-hybridized carbons (Fsp3) is 0.286. The molecule has 2 aliphatic rings. The molecule has 3 aromatic rings. The smallest absolute Gasteiger partial charge is 0.251 e. The maximum atomic E-state index is 13.7. The summed E-state index contributed by atoms with van der Waals surface area (Å²) in [5, 5.41) is 0. The molecule has 0 aromatic heterocycles. The lowest BCUT2D eigenvalue weighted by Gasteiger charge is -2.41. The Morgan fingerprint density at radius 2 is 1.43 bits per heavy atom. The van der Waals surface area contributed by atoms with E-state index >= 15 is 0 Å². The average molecular weight is 473 g/mol. The summed E-state index contributed by atoms with van der Waals surface area (Å²) in [4.78, 5) is 30.2. The molecule has 35 heavy (non-hydrogen) atoms. The topological polar surface area (TPSA) is 68.3 Å². The van der Waals surface area contributed by atoms with Crippen LogP contribution in [0.2, 0.25) is 0 Å². The van der Waals surface area contributed by atoms with E-state index < -0.39 is 6.04 Å². The van der Waals surface area contributed by atoms with Crippen LogP contribution in [0.1, 0.15) is 29.2 Å². The highest BCUT2D eigenvalue weighted by atomic mass is 16.5. The van der Waals surface area contributed by atoms with Gasteiger partial charge >= 0.3 is 0 Å². The van der Waals surface area contributed by atoms with Crippen LogP contribution >= 0.6 is 0 Å². The second-order valence-electron chi connectivity index (χ2n) is 8.66. The van der Waals surface area contributed by atoms with Crippen molar-refractivity contribution in [2.24, 2.45) is 0 Å². The van der Waals surface area contributed by atoms with E-state index in [2.05, 4.69) is 4.90 Å². The van der Waals surface area contributed by atoms with Crippen molar-refractivity contribution in [3.8, 4) is 17.2 Å². The minimum atomic E-state index is -0.584. The molecule has 0 bridgehead atoms. The van der Waals surface area contributed by atoms with E-state index in [1.54, 1.807) is 33.5 Å². The molecule has 0 aliphatic carbocycles. The number of para-hydroxylation sites is 2. The Kier molecular flexibility index (Phi) is 6.17. The number of carbonyl (C=O) groups is 2. The molecule has 2 amide bonds. The van der Waals surface area contributed by atoms with Crippen LogP contribution in [0, 0.1) is 0 Å². The Morgan fingerprint density at radius 1 is 0.771 bits per heavy atom. The monoisotopic (exact) mass is 472 g/mol. The van der Waals surface area contributed by atoms with Gasteiger partial charge in [-0.2, -0.15) is 0 Å². The minimum absolute atomic E-state index is 0.127. The highest BCUT2D eigenvalue weighted by Crippen LogP contribution is 2.45. The molecule has 2 heterocycles. The van der Waals surface area contributed by atoms with Gasteiger partial charge in [-0.05, 0) is 47.9 Å². The summed E-state index contributed by atoms with van der Waals surface area (Å²) in [6, 6.07) is 20.0. The van der Waals surface area contributed by atoms with Crippen LogP contribution in [0.15, 0.2) is 66.7 Å². The zero-order chi connectivity index (χ0) is 24.5. The maximum absolute atomic E-state index is 13.7. The first kappa shape index (κ1) is 22.9. The molecule has 0 N–H and O–H groups in total. The number of rotatable bonds is 6. The minimum Gasteiger partial charge on any atom is -0.496 e. The van der Waals surface area contributed by atoms with Gasteiger partial charge < -0.3 is 14.2 Å². The van der Waals surface area contributed by atoms with Gasteiger partial charge in [-0.15, -0.1) is 0 Å². The van der Waals surface area contributed by atoms with Gasteiger partial charge in [-0.3, -0.25) is 14.5 Å². The third kappa shape index (κ3) is 3.91. The Morgan fingerprint density at radius 3 is 2.14 bits per heavy atom. The lowest BCUT2D eigenvalue weighted by molar-refractivity contribution is -0.123. The highest BCUT2D eigenvalue weighted by molar-refractivity contribution is 6.22. The van der Waals surface area contributed by atoms with E-state index in [1.165, 1.54) is 4.90 Å². The Balaban J connectivity index is 1.62. The maximum Gasteiger partial charge on any atom is 0.251 e. The van der Waals surface area contributed by atoms with E-state index in [1.807, 2.05) is 54.6 Å². The zero-order valence-electron chi connectivity index (χ0n) is 20.1. The highest BCUT2D eigenvalue weighted by Gasteiger charge is 2.47. The van der Waals surface area contributed by atoms with Crippen LogP contribution in [0.5, 0.6) is 17.2 Å². The van der Waals surface area contributed by atoms with E-state index in [0.717, 1.165) is 22.4 Å². The number of anilines is 1. The molecule has 7 nitrogen and oxygen atoms in total. The fourth-order valence-electron chi connectivity index (χ4n) is 5.26. The Bertz CT molecular complexity index is 1260. The van der Waals surface area contributed by atoms with Gasteiger partial charge in [-0.1, -0.05) is 36.4 Å². The van der Waals surface area contributed by atoms with Crippen molar-refractivity contribution in [3.05, 3.63) is 83.4 Å². The summed E-state index contributed by atoms with van der Waals surface area (Å²) in [6.07, 6.45) is 0.840. The van der Waals surface area contributed by atoms with Gasteiger partial charge in [0.1, 0.15) is 5.75 Å². The van der Waals surface area contributed by atoms with Crippen molar-refractivity contribution in [3.63, 3.8) is 0 Å². The number of methoxy groups -OCH3 is 3. The quantitative estimate of drug-likeness (QED) is 0.506. The van der Waals surface area contributed by atoms with Crippen molar-refractivity contribution in [2.45, 2.75) is 24.9 Å². The van der Waals surface area contributed by atoms with Crippen LogP contribution in [-0.4, -0.2) is 50.6 Å². The van der Waals surface area contributed by atoms with Gasteiger partial charge in [0.2, 0.25) is 5.91 Å². The number of hydrogen-bond acceptors (Lipinski definition) is 6. The predicted molar refractivity (Wildman–Crippen MR) is 132 cm³/mol. The molecular weight excluding hydrogens is 444 g/mol. The standard InChI is InChI=1S/C28H28N2O5/c1-33-23-12-8-7-11-20(23)27-21-16-25(35-3)24(34-2)15-18(21)13-14-29(27)22-17-26(31)30(28(22)32)19-9-5-4-6-10-19/h4-12,15-16,22,27H,13-14,17H2,1-3H3/t22-,27+/m0/s1. The molecular formula is C28H28N2O5. The summed E-state index contributed by atoms with van der Waals surface area (Å²) in [6.45, 7) is 0.609. The third-order valence-electron chi connectivity index (χ3n) is 6.88. The number of imide groups is 1. The predicted octanol–water partition coefficient (Wildman–Crippen LogP) is 3.99. The number of benzene rings is 3. The summed E-state index contributed by atoms with van der Waals surface area (Å²) in [7, 11) is 4.88. The van der Waals surface area contributed by atoms with Crippen molar-refractivity contribution in [1.82, 2.24) is 4.90 Å². The lowest BCUT2D eigenvalue weighted by atomic mass is 9.86. The first-order chi connectivity index (χ1) is 17.1. The molecule has 180 valence electrons. The van der Waals surface area contributed by atoms with Crippen LogP contribution in [0.3, 0.4) is 0 Å². The van der Waals surface area contributed by atoms with Crippen LogP contribution in [0.4, 0.5) is 5.69 Å². The zero-order valence-corrected chi connectivity index (χ0v) is 20.1. The molecule has 1 fully saturated rings. The molecule has 1 saturated heterocycles. The molecule has 0 spiro atoms. The summed E-state index contributed by atoms with van der Waals surface area (Å²) >= 11 is 0. The van der Waals surface area contributed by atoms with E-state index in [-0.39, 0.29) is 24.3 Å². The number of fused-ring (bicyclic) bond motifs is 1. The van der Waals surface area contributed by atoms with Gasteiger partial charge in [0, 0.05) is 12.1 Å². The van der Waals surface area contributed by atoms with E-state index in [9.17, 15) is 9.59 Å². The normalized spacial score (nSPS) is 20.0.